The van der Waals surface area contributed by atoms with E-state index >= 15 is 0 Å². The second kappa shape index (κ2) is 11.4. The second-order valence-corrected chi connectivity index (χ2v) is 12.3. The molecule has 0 bridgehead atoms. The van der Waals surface area contributed by atoms with E-state index in [-0.39, 0.29) is 0 Å². The molecular weight excluding hydrogens is 611 g/mol. The quantitative estimate of drug-likeness (QED) is 0.193. The Morgan fingerprint density at radius 1 is 0.380 bits per heavy atom. The van der Waals surface area contributed by atoms with Crippen molar-refractivity contribution in [1.82, 2.24) is 9.13 Å². The van der Waals surface area contributed by atoms with Gasteiger partial charge in [0.05, 0.1) is 62.7 Å². The van der Waals surface area contributed by atoms with Crippen LogP contribution in [0, 0.1) is 34.0 Å². The van der Waals surface area contributed by atoms with Crippen LogP contribution in [0.5, 0.6) is 0 Å². The van der Waals surface area contributed by atoms with E-state index in [1.807, 2.05) is 66.7 Å². The molecule has 0 unspecified atom stereocenters. The molecular formula is C45H25N5. The first-order valence-corrected chi connectivity index (χ1v) is 16.3. The predicted octanol–water partition coefficient (Wildman–Crippen LogP) is 10.8. The summed E-state index contributed by atoms with van der Waals surface area (Å²) < 4.78 is 4.45. The van der Waals surface area contributed by atoms with Crippen molar-refractivity contribution in [2.75, 3.05) is 0 Å². The summed E-state index contributed by atoms with van der Waals surface area (Å²) in [6.07, 6.45) is 0. The number of para-hydroxylation sites is 3. The third-order valence-corrected chi connectivity index (χ3v) is 9.62. The third kappa shape index (κ3) is 4.38. The molecule has 0 radical (unpaired) electrons. The van der Waals surface area contributed by atoms with Gasteiger partial charge in [0.1, 0.15) is 0 Å². The molecule has 5 nitrogen and oxygen atoms in total. The zero-order valence-corrected chi connectivity index (χ0v) is 26.7. The maximum absolute atomic E-state index is 10.3. The molecule has 9 aromatic rings. The maximum Gasteiger partial charge on any atom is 0.0998 e. The molecule has 7 aromatic carbocycles. The molecule has 0 saturated carbocycles. The van der Waals surface area contributed by atoms with E-state index in [2.05, 4.69) is 112 Å². The molecule has 0 N–H and O–H groups in total. The lowest BCUT2D eigenvalue weighted by molar-refractivity contribution is 1.18. The van der Waals surface area contributed by atoms with Gasteiger partial charge in [0.15, 0.2) is 0 Å². The van der Waals surface area contributed by atoms with Crippen molar-refractivity contribution in [3.05, 3.63) is 168 Å². The lowest BCUT2D eigenvalue weighted by Crippen LogP contribution is -1.99. The molecule has 0 spiro atoms. The Morgan fingerprint density at radius 2 is 0.960 bits per heavy atom. The fourth-order valence-corrected chi connectivity index (χ4v) is 7.39. The average Bonchev–Trinajstić information content (AvgIpc) is 3.70. The number of hydrogen-bond donors (Lipinski definition) is 0. The summed E-state index contributed by atoms with van der Waals surface area (Å²) in [5, 5.41) is 34.3. The molecule has 5 heteroatoms. The summed E-state index contributed by atoms with van der Waals surface area (Å²) in [6.45, 7) is 0. The zero-order chi connectivity index (χ0) is 33.8. The molecule has 230 valence electrons. The van der Waals surface area contributed by atoms with Gasteiger partial charge in [0.2, 0.25) is 0 Å². The Labute approximate surface area is 287 Å². The Balaban J connectivity index is 1.26. The van der Waals surface area contributed by atoms with Crippen LogP contribution in [-0.4, -0.2) is 9.13 Å². The minimum atomic E-state index is 0.538. The summed E-state index contributed by atoms with van der Waals surface area (Å²) in [4.78, 5) is 0. The lowest BCUT2D eigenvalue weighted by Gasteiger charge is -2.16. The molecule has 0 aliphatic carbocycles. The zero-order valence-electron chi connectivity index (χ0n) is 26.7. The van der Waals surface area contributed by atoms with Crippen molar-refractivity contribution in [3.63, 3.8) is 0 Å². The van der Waals surface area contributed by atoms with Crippen LogP contribution in [-0.2, 0) is 0 Å². The number of fused-ring (bicyclic) bond motifs is 6. The summed E-state index contributed by atoms with van der Waals surface area (Å²) >= 11 is 0. The molecule has 0 fully saturated rings. The van der Waals surface area contributed by atoms with Crippen LogP contribution in [0.3, 0.4) is 0 Å². The first-order chi connectivity index (χ1) is 24.7. The van der Waals surface area contributed by atoms with Crippen LogP contribution in [0.4, 0.5) is 0 Å². The monoisotopic (exact) mass is 635 g/mol. The minimum Gasteiger partial charge on any atom is -0.309 e. The predicted molar refractivity (Wildman–Crippen MR) is 200 cm³/mol. The first-order valence-electron chi connectivity index (χ1n) is 16.3. The molecule has 9 rings (SSSR count). The van der Waals surface area contributed by atoms with Crippen molar-refractivity contribution in [2.45, 2.75) is 0 Å². The SMILES string of the molecule is N#Cc1ccc(-c2ccc(C#N)c(-c3cccc(-n4c5ccccc5c5ccccc54)c3)c2)c(-n2c3ccccc3c3cc(C#N)ccc32)c1. The first kappa shape index (κ1) is 28.8. The average molecular weight is 636 g/mol. The van der Waals surface area contributed by atoms with Gasteiger partial charge in [-0.15, -0.1) is 0 Å². The van der Waals surface area contributed by atoms with Crippen LogP contribution in [0.2, 0.25) is 0 Å². The number of nitrogens with zero attached hydrogens (tertiary/aromatic N) is 5. The summed E-state index contributed by atoms with van der Waals surface area (Å²) in [7, 11) is 0. The standard InChI is InChI=1S/C45H25N5/c46-26-29-17-21-44-40(22-29)38-12-3-6-15-43(38)50(44)45-23-30(27-47)16-20-35(45)32-18-19-33(28-48)39(25-32)31-8-7-9-34(24-31)49-41-13-4-1-10-36(41)37-11-2-5-14-42(37)49/h1-25H. The maximum atomic E-state index is 10.3. The number of benzene rings is 7. The van der Waals surface area contributed by atoms with Gasteiger partial charge in [-0.3, -0.25) is 0 Å². The van der Waals surface area contributed by atoms with Crippen LogP contribution in [0.15, 0.2) is 152 Å². The van der Waals surface area contributed by atoms with Crippen LogP contribution < -0.4 is 0 Å². The Kier molecular flexibility index (Phi) is 6.56. The summed E-state index contributed by atoms with van der Waals surface area (Å²) in [6, 6.07) is 57.8. The Bertz CT molecular complexity index is 2920. The van der Waals surface area contributed by atoms with Crippen molar-refractivity contribution < 1.29 is 0 Å². The van der Waals surface area contributed by atoms with Crippen LogP contribution in [0.1, 0.15) is 16.7 Å². The van der Waals surface area contributed by atoms with E-state index in [0.29, 0.717) is 16.7 Å². The van der Waals surface area contributed by atoms with E-state index < -0.39 is 0 Å². The number of aromatic nitrogens is 2. The van der Waals surface area contributed by atoms with E-state index in [1.165, 1.54) is 10.8 Å². The van der Waals surface area contributed by atoms with Gasteiger partial charge in [-0.25, -0.2) is 0 Å². The van der Waals surface area contributed by atoms with E-state index in [1.54, 1.807) is 0 Å². The van der Waals surface area contributed by atoms with Gasteiger partial charge in [0, 0.05) is 38.4 Å². The van der Waals surface area contributed by atoms with Crippen molar-refractivity contribution in [1.29, 1.82) is 15.8 Å². The van der Waals surface area contributed by atoms with E-state index in [4.69, 9.17) is 0 Å². The van der Waals surface area contributed by atoms with Crippen LogP contribution >= 0.6 is 0 Å². The van der Waals surface area contributed by atoms with E-state index in [0.717, 1.165) is 66.5 Å². The van der Waals surface area contributed by atoms with Crippen molar-refractivity contribution >= 4 is 43.6 Å². The topological polar surface area (TPSA) is 81.2 Å². The smallest absolute Gasteiger partial charge is 0.0998 e. The number of nitriles is 3. The highest BCUT2D eigenvalue weighted by molar-refractivity contribution is 6.11. The minimum absolute atomic E-state index is 0.538. The van der Waals surface area contributed by atoms with Gasteiger partial charge in [-0.1, -0.05) is 78.9 Å². The van der Waals surface area contributed by atoms with Gasteiger partial charge in [-0.05, 0) is 83.9 Å². The molecule has 0 aliphatic rings. The van der Waals surface area contributed by atoms with Crippen molar-refractivity contribution in [2.24, 2.45) is 0 Å². The molecule has 0 atom stereocenters. The molecule has 0 amide bonds. The van der Waals surface area contributed by atoms with Gasteiger partial charge in [0.25, 0.3) is 0 Å². The number of hydrogen-bond acceptors (Lipinski definition) is 3. The Hall–Kier alpha value is -7.39. The molecule has 0 saturated heterocycles. The van der Waals surface area contributed by atoms with Gasteiger partial charge in [-0.2, -0.15) is 15.8 Å². The largest absolute Gasteiger partial charge is 0.309 e. The van der Waals surface area contributed by atoms with E-state index in [9.17, 15) is 15.8 Å². The highest BCUT2D eigenvalue weighted by atomic mass is 15.0. The van der Waals surface area contributed by atoms with Crippen molar-refractivity contribution in [3.8, 4) is 51.8 Å². The Morgan fingerprint density at radius 3 is 1.64 bits per heavy atom. The molecule has 50 heavy (non-hydrogen) atoms. The molecule has 0 aliphatic heterocycles. The summed E-state index contributed by atoms with van der Waals surface area (Å²) in [5.74, 6) is 0. The lowest BCUT2D eigenvalue weighted by atomic mass is 9.93. The fourth-order valence-electron chi connectivity index (χ4n) is 7.39. The van der Waals surface area contributed by atoms with Gasteiger partial charge >= 0.3 is 0 Å². The fraction of sp³-hybridized carbons (Fsp3) is 0. The number of rotatable bonds is 4. The second-order valence-electron chi connectivity index (χ2n) is 12.3. The third-order valence-electron chi connectivity index (χ3n) is 9.62. The highest BCUT2D eigenvalue weighted by Gasteiger charge is 2.19. The summed E-state index contributed by atoms with van der Waals surface area (Å²) in [5.41, 5.74) is 11.3. The normalized spacial score (nSPS) is 11.1. The van der Waals surface area contributed by atoms with Crippen LogP contribution in [0.25, 0.3) is 77.2 Å². The van der Waals surface area contributed by atoms with Gasteiger partial charge < -0.3 is 9.13 Å². The molecule has 2 heterocycles. The highest BCUT2D eigenvalue weighted by Crippen LogP contribution is 2.39. The molecule has 2 aromatic heterocycles.